The molecule has 94 valence electrons. The van der Waals surface area contributed by atoms with Crippen LogP contribution < -0.4 is 0 Å². The quantitative estimate of drug-likeness (QED) is 0.785. The molecule has 0 spiro atoms. The molecule has 2 nitrogen and oxygen atoms in total. The minimum Gasteiger partial charge on any atom is -0.304 e. The molecular formula is C15H24N2. The van der Waals surface area contributed by atoms with Crippen molar-refractivity contribution in [3.63, 3.8) is 0 Å². The smallest absolute Gasteiger partial charge is 0.0113 e. The first-order valence-corrected chi connectivity index (χ1v) is 6.72. The van der Waals surface area contributed by atoms with E-state index in [1.54, 1.807) is 0 Å². The maximum Gasteiger partial charge on any atom is 0.0113 e. The molecule has 17 heavy (non-hydrogen) atoms. The highest BCUT2D eigenvalue weighted by Gasteiger charge is 2.18. The third-order valence-electron chi connectivity index (χ3n) is 3.85. The van der Waals surface area contributed by atoms with Crippen molar-refractivity contribution in [2.75, 3.05) is 33.2 Å². The van der Waals surface area contributed by atoms with Gasteiger partial charge in [-0.05, 0) is 32.4 Å². The molecule has 0 N–H and O–H groups in total. The summed E-state index contributed by atoms with van der Waals surface area (Å²) in [6, 6.07) is 11.5. The molecule has 1 atom stereocenters. The van der Waals surface area contributed by atoms with E-state index in [0.717, 1.165) is 0 Å². The number of piperazine rings is 1. The molecule has 1 aromatic rings. The van der Waals surface area contributed by atoms with Gasteiger partial charge in [-0.25, -0.2) is 0 Å². The Bertz CT molecular complexity index is 315. The van der Waals surface area contributed by atoms with Gasteiger partial charge in [-0.15, -0.1) is 0 Å². The van der Waals surface area contributed by atoms with Gasteiger partial charge in [-0.1, -0.05) is 30.3 Å². The van der Waals surface area contributed by atoms with Crippen LogP contribution in [0.4, 0.5) is 0 Å². The van der Waals surface area contributed by atoms with Gasteiger partial charge in [0, 0.05) is 32.2 Å². The van der Waals surface area contributed by atoms with Crippen molar-refractivity contribution in [2.24, 2.45) is 0 Å². The van der Waals surface area contributed by atoms with Gasteiger partial charge < -0.3 is 4.90 Å². The Morgan fingerprint density at radius 2 is 1.71 bits per heavy atom. The Labute approximate surface area is 105 Å². The van der Waals surface area contributed by atoms with Crippen molar-refractivity contribution in [2.45, 2.75) is 25.8 Å². The van der Waals surface area contributed by atoms with Crippen molar-refractivity contribution in [3.8, 4) is 0 Å². The molecule has 0 aliphatic carbocycles. The molecule has 2 heteroatoms. The fraction of sp³-hybridized carbons (Fsp3) is 0.600. The van der Waals surface area contributed by atoms with Crippen LogP contribution in [0.2, 0.25) is 0 Å². The first kappa shape index (κ1) is 12.6. The molecule has 0 saturated carbocycles. The third kappa shape index (κ3) is 3.83. The molecule has 1 aliphatic heterocycles. The molecule has 0 amide bonds. The maximum absolute atomic E-state index is 2.63. The normalized spacial score (nSPS) is 20.4. The van der Waals surface area contributed by atoms with Gasteiger partial charge in [-0.2, -0.15) is 0 Å². The molecular weight excluding hydrogens is 208 g/mol. The Balaban J connectivity index is 1.75. The van der Waals surface area contributed by atoms with Crippen molar-refractivity contribution in [1.29, 1.82) is 0 Å². The van der Waals surface area contributed by atoms with Gasteiger partial charge >= 0.3 is 0 Å². The van der Waals surface area contributed by atoms with Crippen LogP contribution in [-0.4, -0.2) is 49.1 Å². The highest BCUT2D eigenvalue weighted by Crippen LogP contribution is 2.11. The summed E-state index contributed by atoms with van der Waals surface area (Å²) in [5.41, 5.74) is 1.47. The number of aryl methyl sites for hydroxylation is 1. The Hall–Kier alpha value is -0.860. The van der Waals surface area contributed by atoms with E-state index in [2.05, 4.69) is 54.1 Å². The lowest BCUT2D eigenvalue weighted by atomic mass is 10.0. The number of hydrogen-bond acceptors (Lipinski definition) is 2. The standard InChI is InChI=1S/C15H24N2/c1-14(17-12-10-16(2)11-13-17)8-9-15-6-4-3-5-7-15/h3-7,14H,8-13H2,1-2H3. The molecule has 1 fully saturated rings. The van der Waals surface area contributed by atoms with Crippen molar-refractivity contribution >= 4 is 0 Å². The number of nitrogens with zero attached hydrogens (tertiary/aromatic N) is 2. The molecule has 1 heterocycles. The van der Waals surface area contributed by atoms with E-state index in [-0.39, 0.29) is 0 Å². The summed E-state index contributed by atoms with van der Waals surface area (Å²) in [5.74, 6) is 0. The number of likely N-dealkylation sites (N-methyl/N-ethyl adjacent to an activating group) is 1. The van der Waals surface area contributed by atoms with Crippen LogP contribution in [0, 0.1) is 0 Å². The Morgan fingerprint density at radius 1 is 1.06 bits per heavy atom. The van der Waals surface area contributed by atoms with Crippen molar-refractivity contribution < 1.29 is 0 Å². The summed E-state index contributed by atoms with van der Waals surface area (Å²) in [5, 5.41) is 0. The first-order valence-electron chi connectivity index (χ1n) is 6.72. The highest BCUT2D eigenvalue weighted by atomic mass is 15.3. The van der Waals surface area contributed by atoms with Crippen molar-refractivity contribution in [1.82, 2.24) is 9.80 Å². The second kappa shape index (κ2) is 6.18. The molecule has 0 radical (unpaired) electrons. The summed E-state index contributed by atoms with van der Waals surface area (Å²) in [7, 11) is 2.21. The van der Waals surface area contributed by atoms with Gasteiger partial charge in [0.2, 0.25) is 0 Å². The van der Waals surface area contributed by atoms with E-state index >= 15 is 0 Å². The number of rotatable bonds is 4. The minimum atomic E-state index is 0.712. The maximum atomic E-state index is 2.63. The number of benzene rings is 1. The van der Waals surface area contributed by atoms with Crippen LogP contribution in [0.3, 0.4) is 0 Å². The summed E-state index contributed by atoms with van der Waals surface area (Å²) in [4.78, 5) is 5.04. The van der Waals surface area contributed by atoms with Crippen molar-refractivity contribution in [3.05, 3.63) is 35.9 Å². The van der Waals surface area contributed by atoms with Gasteiger partial charge in [0.1, 0.15) is 0 Å². The lowest BCUT2D eigenvalue weighted by Gasteiger charge is -2.36. The Morgan fingerprint density at radius 3 is 2.35 bits per heavy atom. The van der Waals surface area contributed by atoms with E-state index < -0.39 is 0 Å². The first-order chi connectivity index (χ1) is 8.25. The SMILES string of the molecule is CC(CCc1ccccc1)N1CCN(C)CC1. The molecule has 0 aromatic heterocycles. The second-order valence-electron chi connectivity index (χ2n) is 5.21. The largest absolute Gasteiger partial charge is 0.304 e. The minimum absolute atomic E-state index is 0.712. The van der Waals surface area contributed by atoms with E-state index in [0.29, 0.717) is 6.04 Å². The monoisotopic (exact) mass is 232 g/mol. The summed E-state index contributed by atoms with van der Waals surface area (Å²) in [6.45, 7) is 7.26. The van der Waals surface area contributed by atoms with Gasteiger partial charge in [-0.3, -0.25) is 4.90 Å². The van der Waals surface area contributed by atoms with Gasteiger partial charge in [0.15, 0.2) is 0 Å². The zero-order valence-electron chi connectivity index (χ0n) is 11.1. The third-order valence-corrected chi connectivity index (χ3v) is 3.85. The summed E-state index contributed by atoms with van der Waals surface area (Å²) >= 11 is 0. The Kier molecular flexibility index (Phi) is 4.57. The molecule has 1 unspecified atom stereocenters. The van der Waals surface area contributed by atoms with Crippen LogP contribution in [-0.2, 0) is 6.42 Å². The molecule has 0 bridgehead atoms. The molecule has 1 aliphatic rings. The van der Waals surface area contributed by atoms with E-state index in [4.69, 9.17) is 0 Å². The van der Waals surface area contributed by atoms with Crippen LogP contribution in [0.15, 0.2) is 30.3 Å². The fourth-order valence-electron chi connectivity index (χ4n) is 2.47. The molecule has 2 rings (SSSR count). The topological polar surface area (TPSA) is 6.48 Å². The fourth-order valence-corrected chi connectivity index (χ4v) is 2.47. The van der Waals surface area contributed by atoms with E-state index in [1.165, 1.54) is 44.6 Å². The highest BCUT2D eigenvalue weighted by molar-refractivity contribution is 5.14. The van der Waals surface area contributed by atoms with E-state index in [9.17, 15) is 0 Å². The predicted octanol–water partition coefficient (Wildman–Crippen LogP) is 2.26. The van der Waals surface area contributed by atoms with Gasteiger partial charge in [0.05, 0.1) is 0 Å². The zero-order chi connectivity index (χ0) is 12.1. The van der Waals surface area contributed by atoms with Crippen LogP contribution in [0.25, 0.3) is 0 Å². The predicted molar refractivity (Wildman–Crippen MR) is 73.3 cm³/mol. The van der Waals surface area contributed by atoms with Crippen LogP contribution in [0.5, 0.6) is 0 Å². The summed E-state index contributed by atoms with van der Waals surface area (Å²) in [6.07, 6.45) is 2.47. The second-order valence-corrected chi connectivity index (χ2v) is 5.21. The molecule has 1 saturated heterocycles. The van der Waals surface area contributed by atoms with Crippen LogP contribution in [0.1, 0.15) is 18.9 Å². The van der Waals surface area contributed by atoms with Gasteiger partial charge in [0.25, 0.3) is 0 Å². The lowest BCUT2D eigenvalue weighted by Crippen LogP contribution is -2.48. The zero-order valence-corrected chi connectivity index (χ0v) is 11.1. The van der Waals surface area contributed by atoms with Crippen LogP contribution >= 0.6 is 0 Å². The average Bonchev–Trinajstić information content (AvgIpc) is 2.38. The van der Waals surface area contributed by atoms with E-state index in [1.807, 2.05) is 0 Å². The summed E-state index contributed by atoms with van der Waals surface area (Å²) < 4.78 is 0. The molecule has 1 aromatic carbocycles. The number of hydrogen-bond donors (Lipinski definition) is 0. The average molecular weight is 232 g/mol. The lowest BCUT2D eigenvalue weighted by molar-refractivity contribution is 0.115.